The van der Waals surface area contributed by atoms with Gasteiger partial charge in [0.1, 0.15) is 11.5 Å². The van der Waals surface area contributed by atoms with Crippen molar-refractivity contribution in [2.75, 3.05) is 12.0 Å². The zero-order chi connectivity index (χ0) is 15.3. The van der Waals surface area contributed by atoms with Gasteiger partial charge in [-0.1, -0.05) is 19.9 Å². The normalized spacial score (nSPS) is 20.8. The molecule has 1 unspecified atom stereocenters. The van der Waals surface area contributed by atoms with Crippen LogP contribution in [0, 0.1) is 0 Å². The summed E-state index contributed by atoms with van der Waals surface area (Å²) in [5.74, 6) is 5.63. The van der Waals surface area contributed by atoms with Crippen LogP contribution in [0.2, 0.25) is 0 Å². The van der Waals surface area contributed by atoms with E-state index in [-0.39, 0.29) is 17.6 Å². The highest BCUT2D eigenvalue weighted by Crippen LogP contribution is 2.31. The summed E-state index contributed by atoms with van der Waals surface area (Å²) in [7, 11) is 0. The van der Waals surface area contributed by atoms with E-state index in [0.29, 0.717) is 18.1 Å². The van der Waals surface area contributed by atoms with Gasteiger partial charge in [0.2, 0.25) is 0 Å². The van der Waals surface area contributed by atoms with Crippen molar-refractivity contribution in [1.29, 1.82) is 0 Å². The molecule has 1 aromatic heterocycles. The highest BCUT2D eigenvalue weighted by Gasteiger charge is 2.35. The van der Waals surface area contributed by atoms with Crippen LogP contribution in [0.15, 0.2) is 18.2 Å². The maximum absolute atomic E-state index is 12.3. The fraction of sp³-hybridized carbons (Fsp3) is 0.600. The number of amides is 1. The molecular formula is C15H24N4O2. The maximum atomic E-state index is 12.3. The number of carbonyl (C=O) groups excluding carboxylic acids is 1. The molecule has 2 heterocycles. The molecule has 116 valence electrons. The number of nitrogens with two attached hydrogens (primary N) is 1. The van der Waals surface area contributed by atoms with Crippen molar-refractivity contribution in [3.05, 3.63) is 23.9 Å². The van der Waals surface area contributed by atoms with Gasteiger partial charge in [-0.05, 0) is 37.8 Å². The molecule has 0 bridgehead atoms. The first kappa shape index (κ1) is 15.7. The summed E-state index contributed by atoms with van der Waals surface area (Å²) in [6.45, 7) is 4.95. The van der Waals surface area contributed by atoms with E-state index in [1.807, 2.05) is 0 Å². The van der Waals surface area contributed by atoms with Crippen LogP contribution in [0.3, 0.4) is 0 Å². The Bertz CT molecular complexity index is 488. The molecule has 0 aliphatic carbocycles. The molecule has 1 saturated heterocycles. The van der Waals surface area contributed by atoms with E-state index in [4.69, 9.17) is 10.6 Å². The number of nitrogen functional groups attached to an aromatic ring is 1. The average molecular weight is 292 g/mol. The van der Waals surface area contributed by atoms with Crippen molar-refractivity contribution in [2.45, 2.75) is 51.2 Å². The predicted molar refractivity (Wildman–Crippen MR) is 81.8 cm³/mol. The van der Waals surface area contributed by atoms with Crippen molar-refractivity contribution < 1.29 is 9.53 Å². The van der Waals surface area contributed by atoms with E-state index < -0.39 is 0 Å². The first-order valence-electron chi connectivity index (χ1n) is 7.51. The quantitative estimate of drug-likeness (QED) is 0.569. The zero-order valence-corrected chi connectivity index (χ0v) is 12.7. The summed E-state index contributed by atoms with van der Waals surface area (Å²) < 4.78 is 5.92. The van der Waals surface area contributed by atoms with Gasteiger partial charge >= 0.3 is 0 Å². The molecule has 1 aliphatic rings. The minimum Gasteiger partial charge on any atom is -0.375 e. The molecule has 6 nitrogen and oxygen atoms in total. The van der Waals surface area contributed by atoms with Crippen LogP contribution in [0.25, 0.3) is 0 Å². The number of hydrazine groups is 1. The minimum absolute atomic E-state index is 0.107. The molecule has 1 aromatic rings. The first-order chi connectivity index (χ1) is 10.1. The average Bonchev–Trinajstić information content (AvgIpc) is 2.55. The topological polar surface area (TPSA) is 89.3 Å². The molecule has 1 atom stereocenters. The first-order valence-corrected chi connectivity index (χ1v) is 7.51. The highest BCUT2D eigenvalue weighted by atomic mass is 16.5. The van der Waals surface area contributed by atoms with Crippen LogP contribution in [0.5, 0.6) is 0 Å². The van der Waals surface area contributed by atoms with Crippen LogP contribution >= 0.6 is 0 Å². The summed E-state index contributed by atoms with van der Waals surface area (Å²) in [5.41, 5.74) is 2.71. The summed E-state index contributed by atoms with van der Waals surface area (Å²) >= 11 is 0. The number of hydrogen-bond donors (Lipinski definition) is 3. The summed E-state index contributed by atoms with van der Waals surface area (Å²) in [5, 5.41) is 3.06. The molecule has 0 radical (unpaired) electrons. The van der Waals surface area contributed by atoms with Gasteiger partial charge in [-0.2, -0.15) is 0 Å². The minimum atomic E-state index is -0.167. The molecule has 1 amide bonds. The van der Waals surface area contributed by atoms with E-state index in [9.17, 15) is 4.79 Å². The Labute approximate surface area is 125 Å². The van der Waals surface area contributed by atoms with E-state index in [2.05, 4.69) is 29.6 Å². The number of nitrogens with one attached hydrogen (secondary N) is 2. The molecule has 0 saturated carbocycles. The van der Waals surface area contributed by atoms with Crippen LogP contribution < -0.4 is 16.6 Å². The van der Waals surface area contributed by atoms with Gasteiger partial charge in [0, 0.05) is 12.6 Å². The van der Waals surface area contributed by atoms with Crippen LogP contribution in [-0.2, 0) is 4.74 Å². The summed E-state index contributed by atoms with van der Waals surface area (Å²) in [6, 6.07) is 5.28. The van der Waals surface area contributed by atoms with Gasteiger partial charge in [-0.15, -0.1) is 0 Å². The van der Waals surface area contributed by atoms with E-state index in [1.54, 1.807) is 18.2 Å². The lowest BCUT2D eigenvalue weighted by molar-refractivity contribution is -0.0917. The van der Waals surface area contributed by atoms with E-state index in [1.165, 1.54) is 0 Å². The number of hydrogen-bond acceptors (Lipinski definition) is 5. The number of anilines is 1. The highest BCUT2D eigenvalue weighted by molar-refractivity contribution is 5.92. The number of carbonyl (C=O) groups is 1. The Balaban J connectivity index is 2.01. The molecule has 6 heteroatoms. The van der Waals surface area contributed by atoms with Crippen LogP contribution in [0.1, 0.15) is 50.0 Å². The van der Waals surface area contributed by atoms with E-state index >= 15 is 0 Å². The number of rotatable bonds is 5. The second kappa shape index (κ2) is 6.87. The molecule has 4 N–H and O–H groups in total. The Hall–Kier alpha value is -1.66. The lowest BCUT2D eigenvalue weighted by Crippen LogP contribution is -2.48. The summed E-state index contributed by atoms with van der Waals surface area (Å²) in [6.07, 6.45) is 3.60. The van der Waals surface area contributed by atoms with Gasteiger partial charge in [-0.25, -0.2) is 10.8 Å². The SMILES string of the molecule is CCC1(CC)CC(NC(=O)c2cccc(NN)n2)CCO1. The summed E-state index contributed by atoms with van der Waals surface area (Å²) in [4.78, 5) is 16.4. The molecule has 21 heavy (non-hydrogen) atoms. The lowest BCUT2D eigenvalue weighted by atomic mass is 9.86. The Morgan fingerprint density at radius 1 is 1.48 bits per heavy atom. The molecule has 1 fully saturated rings. The molecule has 0 spiro atoms. The molecular weight excluding hydrogens is 268 g/mol. The van der Waals surface area contributed by atoms with Crippen molar-refractivity contribution >= 4 is 11.7 Å². The number of aromatic nitrogens is 1. The standard InChI is InChI=1S/C15H24N4O2/c1-3-15(4-2)10-11(8-9-21-15)17-14(20)12-6-5-7-13(18-12)19-16/h5-7,11H,3-4,8-10,16H2,1-2H3,(H,17,20)(H,18,19). The van der Waals surface area contributed by atoms with Crippen molar-refractivity contribution in [3.63, 3.8) is 0 Å². The fourth-order valence-corrected chi connectivity index (χ4v) is 2.79. The third-order valence-electron chi connectivity index (χ3n) is 4.25. The number of nitrogens with zero attached hydrogens (tertiary/aromatic N) is 1. The van der Waals surface area contributed by atoms with Gasteiger partial charge in [-0.3, -0.25) is 4.79 Å². The smallest absolute Gasteiger partial charge is 0.270 e. The fourth-order valence-electron chi connectivity index (χ4n) is 2.79. The van der Waals surface area contributed by atoms with Crippen LogP contribution in [0.4, 0.5) is 5.82 Å². The molecule has 0 aromatic carbocycles. The van der Waals surface area contributed by atoms with Gasteiger partial charge < -0.3 is 15.5 Å². The monoisotopic (exact) mass is 292 g/mol. The Morgan fingerprint density at radius 3 is 2.90 bits per heavy atom. The Morgan fingerprint density at radius 2 is 2.24 bits per heavy atom. The predicted octanol–water partition coefficient (Wildman–Crippen LogP) is 1.83. The zero-order valence-electron chi connectivity index (χ0n) is 12.7. The van der Waals surface area contributed by atoms with E-state index in [0.717, 1.165) is 25.7 Å². The van der Waals surface area contributed by atoms with Gasteiger partial charge in [0.05, 0.1) is 5.60 Å². The van der Waals surface area contributed by atoms with Crippen molar-refractivity contribution in [3.8, 4) is 0 Å². The maximum Gasteiger partial charge on any atom is 0.270 e. The van der Waals surface area contributed by atoms with Gasteiger partial charge in [0.15, 0.2) is 0 Å². The second-order valence-corrected chi connectivity index (χ2v) is 5.45. The molecule has 2 rings (SSSR count). The largest absolute Gasteiger partial charge is 0.375 e. The van der Waals surface area contributed by atoms with Crippen molar-refractivity contribution in [2.24, 2.45) is 5.84 Å². The Kier molecular flexibility index (Phi) is 5.14. The third-order valence-corrected chi connectivity index (χ3v) is 4.25. The van der Waals surface area contributed by atoms with Gasteiger partial charge in [0.25, 0.3) is 5.91 Å². The number of ether oxygens (including phenoxy) is 1. The lowest BCUT2D eigenvalue weighted by Gasteiger charge is -2.40. The van der Waals surface area contributed by atoms with Crippen LogP contribution in [-0.4, -0.2) is 29.1 Å². The number of pyridine rings is 1. The third kappa shape index (κ3) is 3.71. The van der Waals surface area contributed by atoms with Crippen molar-refractivity contribution in [1.82, 2.24) is 10.3 Å². The second-order valence-electron chi connectivity index (χ2n) is 5.45. The molecule has 1 aliphatic heterocycles.